The van der Waals surface area contributed by atoms with E-state index in [0.29, 0.717) is 17.8 Å². The number of hydrogen-bond acceptors (Lipinski definition) is 3. The summed E-state index contributed by atoms with van der Waals surface area (Å²) in [6.45, 7) is 0. The van der Waals surface area contributed by atoms with Crippen LogP contribution >= 0.6 is 0 Å². The predicted molar refractivity (Wildman–Crippen MR) is 237 cm³/mol. The molecule has 0 spiro atoms. The van der Waals surface area contributed by atoms with Crippen molar-refractivity contribution in [3.05, 3.63) is 188 Å². The molecule has 58 heavy (non-hydrogen) atoms. The van der Waals surface area contributed by atoms with Gasteiger partial charge in [-0.3, -0.25) is 13.7 Å². The highest BCUT2D eigenvalue weighted by atomic mass is 15.3. The molecule has 7 nitrogen and oxygen atoms in total. The van der Waals surface area contributed by atoms with Gasteiger partial charge in [-0.25, -0.2) is 0 Å². The fourth-order valence-electron chi connectivity index (χ4n) is 9.49. The van der Waals surface area contributed by atoms with Crippen LogP contribution in [0.4, 0.5) is 0 Å². The first-order valence-electron chi connectivity index (χ1n) is 19.6. The van der Waals surface area contributed by atoms with Crippen LogP contribution in [0.1, 0.15) is 0 Å². The third-order valence-corrected chi connectivity index (χ3v) is 11.8. The lowest BCUT2D eigenvalue weighted by Gasteiger charge is -2.14. The molecule has 0 aliphatic rings. The molecule has 13 aromatic rings. The molecular formula is C51H31N7. The largest absolute Gasteiger partial charge is 0.309 e. The van der Waals surface area contributed by atoms with Gasteiger partial charge in [-0.1, -0.05) is 133 Å². The molecule has 5 aromatic heterocycles. The Morgan fingerprint density at radius 1 is 0.241 bits per heavy atom. The molecular weight excluding hydrogens is 711 g/mol. The van der Waals surface area contributed by atoms with Crippen LogP contribution in [0.25, 0.3) is 111 Å². The molecule has 0 amide bonds. The van der Waals surface area contributed by atoms with Gasteiger partial charge in [0.05, 0.1) is 44.1 Å². The van der Waals surface area contributed by atoms with E-state index in [9.17, 15) is 0 Å². The third-order valence-electron chi connectivity index (χ3n) is 11.8. The summed E-state index contributed by atoms with van der Waals surface area (Å²) in [6, 6.07) is 66.5. The highest BCUT2D eigenvalue weighted by Crippen LogP contribution is 2.42. The number of aromatic nitrogens is 7. The zero-order chi connectivity index (χ0) is 37.9. The zero-order valence-electron chi connectivity index (χ0n) is 31.0. The molecule has 13 rings (SSSR count). The summed E-state index contributed by atoms with van der Waals surface area (Å²) in [4.78, 5) is 16.4. The van der Waals surface area contributed by atoms with Crippen LogP contribution in [0, 0.1) is 0 Å². The normalized spacial score (nSPS) is 12.1. The molecule has 5 heterocycles. The van der Waals surface area contributed by atoms with Crippen LogP contribution < -0.4 is 0 Å². The number of rotatable bonds is 4. The third kappa shape index (κ3) is 4.19. The van der Waals surface area contributed by atoms with Gasteiger partial charge in [0.25, 0.3) is 0 Å². The molecule has 0 radical (unpaired) electrons. The van der Waals surface area contributed by atoms with Gasteiger partial charge in [-0.15, -0.1) is 0 Å². The molecule has 0 saturated carbocycles. The van der Waals surface area contributed by atoms with Crippen molar-refractivity contribution in [2.45, 2.75) is 0 Å². The van der Waals surface area contributed by atoms with Crippen molar-refractivity contribution in [3.8, 4) is 23.5 Å². The fraction of sp³-hybridized carbons (Fsp3) is 0. The number of nitrogens with zero attached hydrogens (tertiary/aromatic N) is 7. The van der Waals surface area contributed by atoms with E-state index < -0.39 is 0 Å². The van der Waals surface area contributed by atoms with Gasteiger partial charge in [0.2, 0.25) is 17.8 Å². The summed E-state index contributed by atoms with van der Waals surface area (Å²) in [7, 11) is 0. The Balaban J connectivity index is 1.20. The molecule has 0 fully saturated rings. The Bertz CT molecular complexity index is 3570. The minimum absolute atomic E-state index is 0.539. The second-order valence-corrected chi connectivity index (χ2v) is 14.9. The fourth-order valence-corrected chi connectivity index (χ4v) is 9.49. The van der Waals surface area contributed by atoms with E-state index in [2.05, 4.69) is 206 Å². The van der Waals surface area contributed by atoms with Gasteiger partial charge < -0.3 is 4.57 Å². The molecule has 0 aliphatic heterocycles. The number of fused-ring (bicyclic) bond motifs is 13. The van der Waals surface area contributed by atoms with Gasteiger partial charge in [0.15, 0.2) is 0 Å². The lowest BCUT2D eigenvalue weighted by molar-refractivity contribution is 0.848. The first kappa shape index (κ1) is 31.2. The van der Waals surface area contributed by atoms with Gasteiger partial charge >= 0.3 is 0 Å². The molecule has 0 N–H and O–H groups in total. The molecule has 0 bridgehead atoms. The van der Waals surface area contributed by atoms with Crippen LogP contribution in [0.3, 0.4) is 0 Å². The topological polar surface area (TPSA) is 58.4 Å². The monoisotopic (exact) mass is 741 g/mol. The second kappa shape index (κ2) is 11.7. The summed E-state index contributed by atoms with van der Waals surface area (Å²) in [6.07, 6.45) is 0. The Morgan fingerprint density at radius 3 is 1.02 bits per heavy atom. The maximum absolute atomic E-state index is 5.48. The average Bonchev–Trinajstić information content (AvgIpc) is 4.01. The number of benzene rings is 8. The second-order valence-electron chi connectivity index (χ2n) is 14.9. The van der Waals surface area contributed by atoms with E-state index in [1.54, 1.807) is 0 Å². The van der Waals surface area contributed by atoms with E-state index in [0.717, 1.165) is 82.1 Å². The van der Waals surface area contributed by atoms with Crippen molar-refractivity contribution in [1.29, 1.82) is 0 Å². The van der Waals surface area contributed by atoms with Gasteiger partial charge in [0, 0.05) is 48.8 Å². The number of para-hydroxylation sites is 7. The van der Waals surface area contributed by atoms with Crippen LogP contribution in [0.5, 0.6) is 0 Å². The van der Waals surface area contributed by atoms with E-state index >= 15 is 0 Å². The quantitative estimate of drug-likeness (QED) is 0.180. The highest BCUT2D eigenvalue weighted by molar-refractivity contribution is 6.26. The Hall–Kier alpha value is -8.03. The van der Waals surface area contributed by atoms with Crippen LogP contribution in [-0.2, 0) is 0 Å². The zero-order valence-corrected chi connectivity index (χ0v) is 31.0. The van der Waals surface area contributed by atoms with Crippen molar-refractivity contribution in [2.24, 2.45) is 0 Å². The van der Waals surface area contributed by atoms with E-state index in [4.69, 9.17) is 15.0 Å². The summed E-state index contributed by atoms with van der Waals surface area (Å²) in [5.41, 5.74) is 9.59. The minimum Gasteiger partial charge on any atom is -0.309 e. The lowest BCUT2D eigenvalue weighted by atomic mass is 10.1. The molecule has 0 atom stereocenters. The summed E-state index contributed by atoms with van der Waals surface area (Å²) in [5, 5.41) is 9.26. The van der Waals surface area contributed by atoms with E-state index in [-0.39, 0.29) is 0 Å². The molecule has 8 aromatic carbocycles. The average molecular weight is 742 g/mol. The first-order chi connectivity index (χ1) is 28.8. The van der Waals surface area contributed by atoms with Gasteiger partial charge in [0.1, 0.15) is 0 Å². The molecule has 0 saturated heterocycles. The van der Waals surface area contributed by atoms with Crippen LogP contribution in [-0.4, -0.2) is 33.2 Å². The van der Waals surface area contributed by atoms with Crippen molar-refractivity contribution >= 4 is 87.2 Å². The highest BCUT2D eigenvalue weighted by Gasteiger charge is 2.25. The van der Waals surface area contributed by atoms with Crippen LogP contribution in [0.2, 0.25) is 0 Å². The molecule has 0 aliphatic carbocycles. The van der Waals surface area contributed by atoms with Gasteiger partial charge in [-0.2, -0.15) is 15.0 Å². The predicted octanol–water partition coefficient (Wildman–Crippen LogP) is 12.3. The Morgan fingerprint density at radius 2 is 0.569 bits per heavy atom. The summed E-state index contributed by atoms with van der Waals surface area (Å²) >= 11 is 0. The lowest BCUT2D eigenvalue weighted by Crippen LogP contribution is -2.13. The molecule has 270 valence electrons. The summed E-state index contributed by atoms with van der Waals surface area (Å²) < 4.78 is 9.01. The molecule has 0 unspecified atom stereocenters. The van der Waals surface area contributed by atoms with E-state index in [1.165, 1.54) is 10.8 Å². The van der Waals surface area contributed by atoms with Crippen molar-refractivity contribution in [3.63, 3.8) is 0 Å². The SMILES string of the molecule is c1ccc(-n2c3ccccc3c3ccc4c(c5ccccc5n4-c4nc(-n5c6ccccc6c6ccccc65)nc(-n5c6ccccc6c6ccccc65)n4)c32)cc1. The first-order valence-corrected chi connectivity index (χ1v) is 19.6. The van der Waals surface area contributed by atoms with Crippen molar-refractivity contribution in [1.82, 2.24) is 33.2 Å². The standard InChI is InChI=1S/C51H31N7/c1-2-16-32(17-3-1)55-40-24-10-8-22-37(40)38-30-31-46-47(48(38)55)39-23-9-15-29-45(39)58(46)51-53-49(56-41-25-11-4-18-33(41)34-19-5-12-26-42(34)56)52-50(54-51)57-43-27-13-6-20-35(43)36-21-7-14-28-44(36)57/h1-31H. The smallest absolute Gasteiger partial charge is 0.241 e. The van der Waals surface area contributed by atoms with Crippen molar-refractivity contribution in [2.75, 3.05) is 0 Å². The van der Waals surface area contributed by atoms with Crippen LogP contribution in [0.15, 0.2) is 188 Å². The minimum atomic E-state index is 0.539. The maximum Gasteiger partial charge on any atom is 0.241 e. The van der Waals surface area contributed by atoms with E-state index in [1.807, 2.05) is 0 Å². The Kier molecular flexibility index (Phi) is 6.32. The summed E-state index contributed by atoms with van der Waals surface area (Å²) in [5.74, 6) is 1.63. The maximum atomic E-state index is 5.48. The van der Waals surface area contributed by atoms with Crippen molar-refractivity contribution < 1.29 is 0 Å². The van der Waals surface area contributed by atoms with Gasteiger partial charge in [-0.05, 0) is 54.6 Å². The molecule has 7 heteroatoms. The Labute approximate surface area is 330 Å². The number of hydrogen-bond donors (Lipinski definition) is 0.